The van der Waals surface area contributed by atoms with E-state index in [1.807, 2.05) is 97.1 Å². The first-order valence-electron chi connectivity index (χ1n) is 21.6. The van der Waals surface area contributed by atoms with Gasteiger partial charge in [0.1, 0.15) is 18.9 Å². The largest absolute Gasteiger partial charge is 0.867 e. The second kappa shape index (κ2) is 27.9. The fourth-order valence-corrected chi connectivity index (χ4v) is 9.49. The van der Waals surface area contributed by atoms with Crippen molar-refractivity contribution in [3.8, 4) is 33.8 Å². The minimum Gasteiger partial charge on any atom is -0.867 e. The molecule has 6 nitrogen and oxygen atoms in total. The van der Waals surface area contributed by atoms with Crippen molar-refractivity contribution in [1.82, 2.24) is 0 Å². The van der Waals surface area contributed by atoms with Crippen LogP contribution in [0, 0.1) is 0 Å². The van der Waals surface area contributed by atoms with E-state index in [0.29, 0.717) is 0 Å². The minimum absolute atomic E-state index is 0.760. The third-order valence-corrected chi connectivity index (χ3v) is 12.9. The molecule has 0 saturated heterocycles. The van der Waals surface area contributed by atoms with Crippen LogP contribution in [0.2, 0.25) is 0 Å². The lowest BCUT2D eigenvalue weighted by Crippen LogP contribution is -2.39. The molecule has 12 heteroatoms. The fourth-order valence-electron chi connectivity index (χ4n) is 6.02. The Morgan fingerprint density at radius 3 is 0.909 bits per heavy atom. The smallest absolute Gasteiger partial charge is 0.394 e. The van der Waals surface area contributed by atoms with Gasteiger partial charge in [0, 0.05) is 77.8 Å². The molecule has 0 saturated carbocycles. The van der Waals surface area contributed by atoms with Crippen LogP contribution in [0.3, 0.4) is 0 Å². The maximum atomic E-state index is 9.89. The van der Waals surface area contributed by atoms with E-state index >= 15 is 0 Å². The summed E-state index contributed by atoms with van der Waals surface area (Å²) in [7, 11) is -3.17. The topological polar surface area (TPSA) is 87.2 Å². The van der Waals surface area contributed by atoms with Gasteiger partial charge in [0.25, 0.3) is 0 Å². The Kier molecular flexibility index (Phi) is 21.1. The maximum Gasteiger partial charge on any atom is 0.394 e. The molecule has 8 rings (SSSR count). The molecular formula is C54H50BFO6S4. The van der Waals surface area contributed by atoms with Crippen molar-refractivity contribution >= 4 is 54.4 Å². The number of unbranched alkanes of at least 4 members (excludes halogenated alkanes) is 2. The van der Waals surface area contributed by atoms with E-state index in [-0.39, 0.29) is 0 Å². The molecule has 0 unspecified atom stereocenters. The number of benzene rings is 6. The molecule has 0 fully saturated rings. The number of ether oxygens (including phenoxy) is 2. The third kappa shape index (κ3) is 17.7. The molecule has 0 atom stereocenters. The van der Waals surface area contributed by atoms with Crippen LogP contribution >= 0.6 is 47.0 Å². The molecule has 0 aliphatic carbocycles. The number of halogens is 1. The van der Waals surface area contributed by atoms with Crippen LogP contribution in [-0.2, 0) is 0 Å². The highest BCUT2D eigenvalue weighted by Gasteiger charge is 2.21. The van der Waals surface area contributed by atoms with Gasteiger partial charge in [-0.1, -0.05) is 124 Å². The van der Waals surface area contributed by atoms with E-state index in [4.69, 9.17) is 28.4 Å². The molecule has 66 heavy (non-hydrogen) atoms. The predicted molar refractivity (Wildman–Crippen MR) is 267 cm³/mol. The van der Waals surface area contributed by atoms with Gasteiger partial charge in [0.15, 0.2) is 0 Å². The van der Waals surface area contributed by atoms with E-state index in [1.165, 1.54) is 0 Å². The molecule has 0 spiro atoms. The third-order valence-electron chi connectivity index (χ3n) is 9.25. The lowest BCUT2D eigenvalue weighted by molar-refractivity contribution is -0.366. The van der Waals surface area contributed by atoms with Crippen molar-refractivity contribution in [2.24, 2.45) is 0 Å². The fraction of sp³-hybridized carbons (Fsp3) is 0.148. The van der Waals surface area contributed by atoms with Crippen molar-refractivity contribution in [2.75, 3.05) is 13.2 Å². The molecule has 8 aromatic rings. The summed E-state index contributed by atoms with van der Waals surface area (Å²) in [6, 6.07) is 66.3. The maximum absolute atomic E-state index is 9.89. The summed E-state index contributed by atoms with van der Waals surface area (Å²) in [5.41, 5.74) is 4.54. The van der Waals surface area contributed by atoms with Gasteiger partial charge in [-0.05, 0) is 96.8 Å². The molecule has 0 amide bonds. The number of hydrogen-bond acceptors (Lipinski definition) is 8. The Balaban J connectivity index is 0.000000202. The Hall–Kier alpha value is -5.47. The van der Waals surface area contributed by atoms with Crippen LogP contribution < -0.4 is 19.5 Å². The quantitative estimate of drug-likeness (QED) is 0.0471. The first-order valence-corrected chi connectivity index (χ1v) is 24.9. The first-order chi connectivity index (χ1) is 32.3. The summed E-state index contributed by atoms with van der Waals surface area (Å²) in [5, 5.41) is 20.1. The van der Waals surface area contributed by atoms with E-state index < -0.39 is 7.40 Å². The Labute approximate surface area is 405 Å². The molecule has 0 radical (unpaired) electrons. The number of rotatable bonds is 18. The van der Waals surface area contributed by atoms with E-state index in [9.17, 15) is 4.32 Å². The van der Waals surface area contributed by atoms with Gasteiger partial charge in [-0.2, -0.15) is 8.83 Å². The van der Waals surface area contributed by atoms with Crippen LogP contribution in [0.15, 0.2) is 243 Å². The van der Waals surface area contributed by atoms with Crippen molar-refractivity contribution in [3.05, 3.63) is 194 Å². The second-order valence-electron chi connectivity index (χ2n) is 14.4. The molecule has 0 aliphatic heterocycles. The second-order valence-corrected chi connectivity index (χ2v) is 18.7. The van der Waals surface area contributed by atoms with Gasteiger partial charge in [-0.3, -0.25) is 0 Å². The highest BCUT2D eigenvalue weighted by molar-refractivity contribution is 8.00. The summed E-state index contributed by atoms with van der Waals surface area (Å²) >= 11 is 6.53. The highest BCUT2D eigenvalue weighted by Crippen LogP contribution is 2.39. The molecule has 0 aliphatic rings. The minimum atomic E-state index is -3.17. The molecule has 336 valence electrons. The highest BCUT2D eigenvalue weighted by atomic mass is 32.2. The van der Waals surface area contributed by atoms with Crippen molar-refractivity contribution in [2.45, 2.75) is 79.5 Å². The molecule has 2 heterocycles. The van der Waals surface area contributed by atoms with Crippen molar-refractivity contribution < 1.29 is 32.7 Å². The van der Waals surface area contributed by atoms with Gasteiger partial charge in [-0.15, -0.1) is 0 Å². The molecule has 6 aromatic carbocycles. The van der Waals surface area contributed by atoms with Gasteiger partial charge in [0.2, 0.25) is 0 Å². The first kappa shape index (κ1) is 50.0. The monoisotopic (exact) mass is 952 g/mol. The van der Waals surface area contributed by atoms with Gasteiger partial charge in [0.05, 0.1) is 37.5 Å². The van der Waals surface area contributed by atoms with Gasteiger partial charge in [-0.25, -0.2) is 0 Å². The average molecular weight is 953 g/mol. The van der Waals surface area contributed by atoms with E-state index in [0.717, 1.165) is 113 Å². The number of hydrogen-bond donors (Lipinski definition) is 0. The zero-order valence-corrected chi connectivity index (χ0v) is 40.0. The van der Waals surface area contributed by atoms with Crippen LogP contribution in [-0.4, -0.2) is 20.6 Å². The summed E-state index contributed by atoms with van der Waals surface area (Å²) in [5.74, 6) is 1.83. The van der Waals surface area contributed by atoms with Crippen LogP contribution in [0.1, 0.15) is 39.5 Å². The summed E-state index contributed by atoms with van der Waals surface area (Å²) < 4.78 is 34.0. The standard InChI is InChI=1S/2C27H25O2S2.BFO2/c2*1-2-3-18-28-23-16-14-21(15-17-23)22-19-26(30-24-10-6-4-7-11-24)29-27(20-22)31-25-12-8-5-9-13-25;2-1(3)4/h2*4-17,19-20H,2-3,18H2,1H3;/q2*+1;-2. The zero-order chi connectivity index (χ0) is 46.2. The zero-order valence-electron chi connectivity index (χ0n) is 36.8. The van der Waals surface area contributed by atoms with Crippen LogP contribution in [0.25, 0.3) is 22.3 Å². The Bertz CT molecular complexity index is 2290. The summed E-state index contributed by atoms with van der Waals surface area (Å²) in [6.07, 6.45) is 4.41. The summed E-state index contributed by atoms with van der Waals surface area (Å²) in [6.45, 7) is 5.86. The van der Waals surface area contributed by atoms with E-state index in [1.54, 1.807) is 47.0 Å². The molecule has 0 bridgehead atoms. The lowest BCUT2D eigenvalue weighted by Gasteiger charge is -2.09. The van der Waals surface area contributed by atoms with Gasteiger partial charge >= 0.3 is 20.4 Å². The van der Waals surface area contributed by atoms with E-state index in [2.05, 4.69) is 111 Å². The van der Waals surface area contributed by atoms with Crippen molar-refractivity contribution in [1.29, 1.82) is 0 Å². The Morgan fingerprint density at radius 2 is 0.667 bits per heavy atom. The van der Waals surface area contributed by atoms with Crippen LogP contribution in [0.5, 0.6) is 11.5 Å². The molecule has 2 aromatic heterocycles. The lowest BCUT2D eigenvalue weighted by atomic mass is 10.1. The SMILES string of the molecule is CCCCOc1ccc(-c2cc(Sc3ccccc3)[o+]c(Sc3ccccc3)c2)cc1.CCCCOc1ccc(-c2cc(Sc3ccccc3)[o+]c(Sc3ccccc3)c2)cc1.[O-]B([O-])F. The normalized spacial score (nSPS) is 10.5. The van der Waals surface area contributed by atoms with Crippen LogP contribution in [0.4, 0.5) is 4.32 Å². The molecular weight excluding hydrogens is 903 g/mol. The summed E-state index contributed by atoms with van der Waals surface area (Å²) in [4.78, 5) is 4.61. The average Bonchev–Trinajstić information content (AvgIpc) is 3.33. The predicted octanol–water partition coefficient (Wildman–Crippen LogP) is 15.1. The van der Waals surface area contributed by atoms with Crippen molar-refractivity contribution in [3.63, 3.8) is 0 Å². The molecule has 0 N–H and O–H groups in total. The van der Waals surface area contributed by atoms with Gasteiger partial charge < -0.3 is 23.8 Å². The Morgan fingerprint density at radius 1 is 0.409 bits per heavy atom.